The monoisotopic (exact) mass is 203 g/mol. The predicted octanol–water partition coefficient (Wildman–Crippen LogP) is 3.02. The Balaban J connectivity index is 2.21. The maximum atomic E-state index is 4.00. The molecule has 2 aromatic rings. The van der Waals surface area contributed by atoms with Gasteiger partial charge in [-0.25, -0.2) is 0 Å². The zero-order valence-electron chi connectivity index (χ0n) is 9.41. The Bertz CT molecular complexity index is 445. The fourth-order valence-electron chi connectivity index (χ4n) is 1.46. The van der Waals surface area contributed by atoms with Crippen LogP contribution in [0.15, 0.2) is 24.4 Å². The molecule has 15 heavy (non-hydrogen) atoms. The molecule has 0 spiro atoms. The second-order valence-electron chi connectivity index (χ2n) is 4.35. The van der Waals surface area contributed by atoms with Crippen LogP contribution in [0.4, 0.5) is 5.69 Å². The van der Waals surface area contributed by atoms with Gasteiger partial charge in [-0.2, -0.15) is 5.10 Å². The third-order valence-corrected chi connectivity index (χ3v) is 2.83. The minimum Gasteiger partial charge on any atom is -0.382 e. The number of hydrogen-bond donors (Lipinski definition) is 2. The van der Waals surface area contributed by atoms with Gasteiger partial charge in [-0.05, 0) is 31.0 Å². The van der Waals surface area contributed by atoms with E-state index >= 15 is 0 Å². The number of anilines is 1. The summed E-state index contributed by atoms with van der Waals surface area (Å²) in [7, 11) is 0. The highest BCUT2D eigenvalue weighted by Gasteiger charge is 2.06. The minimum atomic E-state index is 0.481. The summed E-state index contributed by atoms with van der Waals surface area (Å²) in [5, 5.41) is 11.6. The molecule has 0 saturated heterocycles. The standard InChI is InChI=1S/C12H17N3/c1-8(2)9(3)14-11-4-5-12-10(6-11)7-13-15-12/h4-9,14H,1-3H3,(H,13,15). The van der Waals surface area contributed by atoms with Crippen molar-refractivity contribution in [3.63, 3.8) is 0 Å². The van der Waals surface area contributed by atoms with Crippen LogP contribution in [-0.4, -0.2) is 16.2 Å². The van der Waals surface area contributed by atoms with Gasteiger partial charge in [0, 0.05) is 17.1 Å². The van der Waals surface area contributed by atoms with Gasteiger partial charge >= 0.3 is 0 Å². The van der Waals surface area contributed by atoms with Gasteiger partial charge in [-0.15, -0.1) is 0 Å². The van der Waals surface area contributed by atoms with Crippen LogP contribution in [0, 0.1) is 5.92 Å². The summed E-state index contributed by atoms with van der Waals surface area (Å²) in [4.78, 5) is 0. The lowest BCUT2D eigenvalue weighted by molar-refractivity contribution is 0.560. The Kier molecular flexibility index (Phi) is 2.62. The van der Waals surface area contributed by atoms with Crippen molar-refractivity contribution in [3.05, 3.63) is 24.4 Å². The van der Waals surface area contributed by atoms with E-state index in [1.54, 1.807) is 0 Å². The van der Waals surface area contributed by atoms with Crippen molar-refractivity contribution in [2.45, 2.75) is 26.8 Å². The van der Waals surface area contributed by atoms with Gasteiger partial charge < -0.3 is 5.32 Å². The molecule has 1 aromatic carbocycles. The van der Waals surface area contributed by atoms with Crippen molar-refractivity contribution in [2.24, 2.45) is 5.92 Å². The maximum absolute atomic E-state index is 4.00. The van der Waals surface area contributed by atoms with Gasteiger partial charge in [-0.3, -0.25) is 5.10 Å². The first kappa shape index (κ1) is 10.0. The fraction of sp³-hybridized carbons (Fsp3) is 0.417. The van der Waals surface area contributed by atoms with Crippen LogP contribution in [0.5, 0.6) is 0 Å². The number of fused-ring (bicyclic) bond motifs is 1. The van der Waals surface area contributed by atoms with Crippen molar-refractivity contribution >= 4 is 16.6 Å². The number of aromatic nitrogens is 2. The Morgan fingerprint density at radius 2 is 2.07 bits per heavy atom. The highest BCUT2D eigenvalue weighted by atomic mass is 15.1. The zero-order valence-corrected chi connectivity index (χ0v) is 9.41. The lowest BCUT2D eigenvalue weighted by atomic mass is 10.1. The van der Waals surface area contributed by atoms with E-state index in [4.69, 9.17) is 0 Å². The van der Waals surface area contributed by atoms with Gasteiger partial charge in [0.2, 0.25) is 0 Å². The van der Waals surface area contributed by atoms with E-state index in [-0.39, 0.29) is 0 Å². The number of benzene rings is 1. The Hall–Kier alpha value is -1.51. The summed E-state index contributed by atoms with van der Waals surface area (Å²) in [6, 6.07) is 6.74. The highest BCUT2D eigenvalue weighted by molar-refractivity contribution is 5.81. The molecule has 0 fully saturated rings. The SMILES string of the molecule is CC(C)C(C)Nc1ccc2[nH]ncc2c1. The lowest BCUT2D eigenvalue weighted by Gasteiger charge is -2.18. The quantitative estimate of drug-likeness (QED) is 0.805. The normalized spacial score (nSPS) is 13.3. The number of rotatable bonds is 3. The molecule has 0 aliphatic rings. The molecule has 80 valence electrons. The summed E-state index contributed by atoms with van der Waals surface area (Å²) >= 11 is 0. The summed E-state index contributed by atoms with van der Waals surface area (Å²) in [5.74, 6) is 0.630. The molecule has 0 amide bonds. The molecular weight excluding hydrogens is 186 g/mol. The van der Waals surface area contributed by atoms with Crippen LogP contribution in [0.25, 0.3) is 10.9 Å². The van der Waals surface area contributed by atoms with Crippen molar-refractivity contribution in [1.29, 1.82) is 0 Å². The predicted molar refractivity (Wildman–Crippen MR) is 64.0 cm³/mol. The number of nitrogens with one attached hydrogen (secondary N) is 2. The minimum absolute atomic E-state index is 0.481. The summed E-state index contributed by atoms with van der Waals surface area (Å²) in [5.41, 5.74) is 2.24. The van der Waals surface area contributed by atoms with E-state index < -0.39 is 0 Å². The topological polar surface area (TPSA) is 40.7 Å². The molecule has 0 saturated carbocycles. The molecule has 1 aromatic heterocycles. The van der Waals surface area contributed by atoms with E-state index in [2.05, 4.69) is 54.5 Å². The van der Waals surface area contributed by atoms with E-state index in [0.717, 1.165) is 16.6 Å². The molecule has 1 atom stereocenters. The first-order valence-corrected chi connectivity index (χ1v) is 5.36. The zero-order chi connectivity index (χ0) is 10.8. The maximum Gasteiger partial charge on any atom is 0.0651 e. The van der Waals surface area contributed by atoms with Gasteiger partial charge in [0.05, 0.1) is 11.7 Å². The lowest BCUT2D eigenvalue weighted by Crippen LogP contribution is -2.21. The molecule has 3 nitrogen and oxygen atoms in total. The van der Waals surface area contributed by atoms with E-state index in [1.165, 1.54) is 0 Å². The van der Waals surface area contributed by atoms with Crippen LogP contribution < -0.4 is 5.32 Å². The second kappa shape index (κ2) is 3.93. The number of H-pyrrole nitrogens is 1. The molecular formula is C12H17N3. The second-order valence-corrected chi connectivity index (χ2v) is 4.35. The van der Waals surface area contributed by atoms with Crippen LogP contribution >= 0.6 is 0 Å². The first-order chi connectivity index (χ1) is 7.16. The van der Waals surface area contributed by atoms with E-state index in [1.807, 2.05) is 6.20 Å². The third-order valence-electron chi connectivity index (χ3n) is 2.83. The highest BCUT2D eigenvalue weighted by Crippen LogP contribution is 2.18. The molecule has 2 N–H and O–H groups in total. The van der Waals surface area contributed by atoms with Crippen LogP contribution in [-0.2, 0) is 0 Å². The van der Waals surface area contributed by atoms with E-state index in [0.29, 0.717) is 12.0 Å². The molecule has 2 rings (SSSR count). The molecule has 0 radical (unpaired) electrons. The summed E-state index contributed by atoms with van der Waals surface area (Å²) in [6.07, 6.45) is 1.85. The van der Waals surface area contributed by atoms with Gasteiger partial charge in [-0.1, -0.05) is 13.8 Å². The number of hydrogen-bond acceptors (Lipinski definition) is 2. The van der Waals surface area contributed by atoms with Crippen molar-refractivity contribution in [2.75, 3.05) is 5.32 Å². The molecule has 0 aliphatic heterocycles. The van der Waals surface area contributed by atoms with Crippen molar-refractivity contribution in [3.8, 4) is 0 Å². The molecule has 1 unspecified atom stereocenters. The number of nitrogens with zero attached hydrogens (tertiary/aromatic N) is 1. The average Bonchev–Trinajstić information content (AvgIpc) is 2.64. The first-order valence-electron chi connectivity index (χ1n) is 5.36. The summed E-state index contributed by atoms with van der Waals surface area (Å²) in [6.45, 7) is 6.63. The Morgan fingerprint density at radius 1 is 1.27 bits per heavy atom. The van der Waals surface area contributed by atoms with E-state index in [9.17, 15) is 0 Å². The molecule has 3 heteroatoms. The Labute approximate surface area is 89.9 Å². The number of aromatic amines is 1. The van der Waals surface area contributed by atoms with Crippen LogP contribution in [0.2, 0.25) is 0 Å². The molecule has 0 aliphatic carbocycles. The van der Waals surface area contributed by atoms with Crippen LogP contribution in [0.1, 0.15) is 20.8 Å². The fourth-order valence-corrected chi connectivity index (χ4v) is 1.46. The average molecular weight is 203 g/mol. The van der Waals surface area contributed by atoms with Gasteiger partial charge in [0.25, 0.3) is 0 Å². The van der Waals surface area contributed by atoms with Crippen LogP contribution in [0.3, 0.4) is 0 Å². The summed E-state index contributed by atoms with van der Waals surface area (Å²) < 4.78 is 0. The molecule has 0 bridgehead atoms. The van der Waals surface area contributed by atoms with Gasteiger partial charge in [0.15, 0.2) is 0 Å². The largest absolute Gasteiger partial charge is 0.382 e. The van der Waals surface area contributed by atoms with Crippen molar-refractivity contribution < 1.29 is 0 Å². The smallest absolute Gasteiger partial charge is 0.0651 e. The molecule has 1 heterocycles. The van der Waals surface area contributed by atoms with Gasteiger partial charge in [0.1, 0.15) is 0 Å². The Morgan fingerprint density at radius 3 is 2.80 bits per heavy atom. The van der Waals surface area contributed by atoms with Crippen molar-refractivity contribution in [1.82, 2.24) is 10.2 Å². The third kappa shape index (κ3) is 2.12.